The van der Waals surface area contributed by atoms with Crippen molar-refractivity contribution in [2.45, 2.75) is 6.54 Å². The number of hydrogen-bond donors (Lipinski definition) is 0. The van der Waals surface area contributed by atoms with Gasteiger partial charge < -0.3 is 4.90 Å². The fourth-order valence-electron chi connectivity index (χ4n) is 3.09. The maximum atomic E-state index is 14.4. The molecule has 128 valence electrons. The summed E-state index contributed by atoms with van der Waals surface area (Å²) in [5, 5.41) is 0. The van der Waals surface area contributed by atoms with Crippen LogP contribution in [0, 0.1) is 5.82 Å². The number of aliphatic imine (C=N–C) groups is 1. The molecule has 0 unspecified atom stereocenters. The molecule has 5 heteroatoms. The molecule has 2 aromatic carbocycles. The van der Waals surface area contributed by atoms with Gasteiger partial charge in [0.25, 0.3) is 0 Å². The first-order valence-electron chi connectivity index (χ1n) is 8.32. The highest BCUT2D eigenvalue weighted by Gasteiger charge is 2.26. The quantitative estimate of drug-likeness (QED) is 0.728. The summed E-state index contributed by atoms with van der Waals surface area (Å²) >= 11 is 0. The number of nitrogens with zero attached hydrogens (tertiary/aromatic N) is 3. The zero-order valence-corrected chi connectivity index (χ0v) is 14.0. The fraction of sp³-hybridized carbons (Fsp3) is 0.0952. The van der Waals surface area contributed by atoms with E-state index in [0.29, 0.717) is 17.8 Å². The molecule has 1 aliphatic heterocycles. The van der Waals surface area contributed by atoms with Gasteiger partial charge >= 0.3 is 0 Å². The average molecular weight is 345 g/mol. The highest BCUT2D eigenvalue weighted by Crippen LogP contribution is 2.28. The van der Waals surface area contributed by atoms with Gasteiger partial charge in [0.05, 0.1) is 17.9 Å². The molecule has 0 saturated carbocycles. The monoisotopic (exact) mass is 345 g/mol. The van der Waals surface area contributed by atoms with Crippen LogP contribution in [0.15, 0.2) is 78.0 Å². The Kier molecular flexibility index (Phi) is 4.27. The van der Waals surface area contributed by atoms with Gasteiger partial charge in [-0.2, -0.15) is 0 Å². The molecule has 0 N–H and O–H groups in total. The molecule has 0 atom stereocenters. The number of anilines is 1. The van der Waals surface area contributed by atoms with Crippen LogP contribution in [0.5, 0.6) is 0 Å². The molecule has 1 aromatic heterocycles. The van der Waals surface area contributed by atoms with E-state index >= 15 is 0 Å². The predicted molar refractivity (Wildman–Crippen MR) is 98.8 cm³/mol. The van der Waals surface area contributed by atoms with E-state index in [4.69, 9.17) is 0 Å². The van der Waals surface area contributed by atoms with Crippen molar-refractivity contribution in [3.05, 3.63) is 95.6 Å². The van der Waals surface area contributed by atoms with E-state index < -0.39 is 0 Å². The van der Waals surface area contributed by atoms with Crippen LogP contribution in [0.25, 0.3) is 0 Å². The lowest BCUT2D eigenvalue weighted by Crippen LogP contribution is -2.31. The standard InChI is InChI=1S/C21H16FN3O/c22-18-9-3-1-7-16(18)21-17-8-2-4-10-19(17)25(20(26)13-24-21)14-15-6-5-11-23-12-15/h1-12H,13-14H2. The molecule has 4 rings (SSSR count). The largest absolute Gasteiger partial charge is 0.306 e. The molecule has 3 aromatic rings. The molecule has 4 nitrogen and oxygen atoms in total. The number of fused-ring (bicyclic) bond motifs is 1. The summed E-state index contributed by atoms with van der Waals surface area (Å²) in [6, 6.07) is 17.7. The highest BCUT2D eigenvalue weighted by atomic mass is 19.1. The van der Waals surface area contributed by atoms with Gasteiger partial charge in [0.2, 0.25) is 5.91 Å². The van der Waals surface area contributed by atoms with Gasteiger partial charge in [-0.3, -0.25) is 14.8 Å². The van der Waals surface area contributed by atoms with E-state index in [1.807, 2.05) is 36.4 Å². The van der Waals surface area contributed by atoms with Gasteiger partial charge in [-0.05, 0) is 29.8 Å². The van der Waals surface area contributed by atoms with Crippen molar-refractivity contribution < 1.29 is 9.18 Å². The average Bonchev–Trinajstić information content (AvgIpc) is 2.81. The van der Waals surface area contributed by atoms with Gasteiger partial charge in [-0.15, -0.1) is 0 Å². The van der Waals surface area contributed by atoms with Crippen LogP contribution >= 0.6 is 0 Å². The maximum absolute atomic E-state index is 14.4. The molecule has 0 bridgehead atoms. The number of carbonyl (C=O) groups excluding carboxylic acids is 1. The van der Waals surface area contributed by atoms with Crippen LogP contribution in [0.4, 0.5) is 10.1 Å². The maximum Gasteiger partial charge on any atom is 0.248 e. The summed E-state index contributed by atoms with van der Waals surface area (Å²) in [5.74, 6) is -0.484. The first-order valence-corrected chi connectivity index (χ1v) is 8.32. The van der Waals surface area contributed by atoms with Crippen LogP contribution in [0.2, 0.25) is 0 Å². The van der Waals surface area contributed by atoms with E-state index in [1.54, 1.807) is 35.5 Å². The molecule has 1 amide bonds. The number of amides is 1. The van der Waals surface area contributed by atoms with E-state index in [-0.39, 0.29) is 18.3 Å². The smallest absolute Gasteiger partial charge is 0.248 e. The summed E-state index contributed by atoms with van der Waals surface area (Å²) in [6.45, 7) is 0.363. The second-order valence-electron chi connectivity index (χ2n) is 6.00. The first kappa shape index (κ1) is 16.1. The molecule has 1 aliphatic rings. The van der Waals surface area contributed by atoms with Gasteiger partial charge in [0, 0.05) is 23.5 Å². The molecule has 26 heavy (non-hydrogen) atoms. The Balaban J connectivity index is 1.81. The summed E-state index contributed by atoms with van der Waals surface area (Å²) in [4.78, 5) is 23.0. The van der Waals surface area contributed by atoms with Crippen molar-refractivity contribution in [2.75, 3.05) is 11.4 Å². The number of halogens is 1. The van der Waals surface area contributed by atoms with Crippen molar-refractivity contribution in [3.8, 4) is 0 Å². The van der Waals surface area contributed by atoms with Crippen molar-refractivity contribution in [1.82, 2.24) is 4.98 Å². The molecule has 0 aliphatic carbocycles. The molecule has 0 saturated heterocycles. The number of pyridine rings is 1. The van der Waals surface area contributed by atoms with Crippen LogP contribution in [0.1, 0.15) is 16.7 Å². The summed E-state index contributed by atoms with van der Waals surface area (Å²) in [5.41, 5.74) is 3.29. The van der Waals surface area contributed by atoms with Crippen molar-refractivity contribution >= 4 is 17.3 Å². The number of benzodiazepines with no additional fused rings is 1. The van der Waals surface area contributed by atoms with E-state index in [0.717, 1.165) is 16.8 Å². The van der Waals surface area contributed by atoms with Crippen LogP contribution in [-0.4, -0.2) is 23.1 Å². The van der Waals surface area contributed by atoms with Gasteiger partial charge in [-0.1, -0.05) is 36.4 Å². The van der Waals surface area contributed by atoms with Crippen LogP contribution in [-0.2, 0) is 11.3 Å². The van der Waals surface area contributed by atoms with Crippen LogP contribution < -0.4 is 4.90 Å². The Morgan fingerprint density at radius 1 is 0.962 bits per heavy atom. The Morgan fingerprint density at radius 3 is 2.50 bits per heavy atom. The number of rotatable bonds is 3. The summed E-state index contributed by atoms with van der Waals surface area (Å²) < 4.78 is 14.4. The molecule has 0 fully saturated rings. The Bertz CT molecular complexity index is 985. The fourth-order valence-corrected chi connectivity index (χ4v) is 3.09. The van der Waals surface area contributed by atoms with E-state index in [9.17, 15) is 9.18 Å². The Hall–Kier alpha value is -3.34. The molecular formula is C21H16FN3O. The van der Waals surface area contributed by atoms with Crippen molar-refractivity contribution in [1.29, 1.82) is 0 Å². The molecule has 0 radical (unpaired) electrons. The lowest BCUT2D eigenvalue weighted by atomic mass is 9.99. The van der Waals surface area contributed by atoms with Gasteiger partial charge in [0.1, 0.15) is 12.4 Å². The Labute approximate surface area is 150 Å². The number of para-hydroxylation sites is 1. The van der Waals surface area contributed by atoms with E-state index in [2.05, 4.69) is 9.98 Å². The first-order chi connectivity index (χ1) is 12.7. The van der Waals surface area contributed by atoms with Crippen LogP contribution in [0.3, 0.4) is 0 Å². The van der Waals surface area contributed by atoms with Crippen molar-refractivity contribution in [2.24, 2.45) is 4.99 Å². The molecule has 0 spiro atoms. The lowest BCUT2D eigenvalue weighted by molar-refractivity contribution is -0.117. The third kappa shape index (κ3) is 2.99. The highest BCUT2D eigenvalue weighted by molar-refractivity contribution is 6.19. The Morgan fingerprint density at radius 2 is 1.73 bits per heavy atom. The predicted octanol–water partition coefficient (Wildman–Crippen LogP) is 3.60. The second-order valence-corrected chi connectivity index (χ2v) is 6.00. The van der Waals surface area contributed by atoms with E-state index in [1.165, 1.54) is 6.07 Å². The van der Waals surface area contributed by atoms with Gasteiger partial charge in [0.15, 0.2) is 0 Å². The molecule has 2 heterocycles. The third-order valence-corrected chi connectivity index (χ3v) is 4.32. The third-order valence-electron chi connectivity index (χ3n) is 4.32. The lowest BCUT2D eigenvalue weighted by Gasteiger charge is -2.23. The minimum atomic E-state index is -0.353. The zero-order valence-electron chi connectivity index (χ0n) is 14.0. The minimum absolute atomic E-state index is 0.0292. The number of hydrogen-bond acceptors (Lipinski definition) is 3. The normalized spacial score (nSPS) is 13.8. The SMILES string of the molecule is O=C1CN=C(c2ccccc2F)c2ccccc2N1Cc1cccnc1. The topological polar surface area (TPSA) is 45.6 Å². The minimum Gasteiger partial charge on any atom is -0.306 e. The summed E-state index contributed by atoms with van der Waals surface area (Å²) in [6.07, 6.45) is 3.43. The summed E-state index contributed by atoms with van der Waals surface area (Å²) in [7, 11) is 0. The molecular weight excluding hydrogens is 329 g/mol. The second kappa shape index (κ2) is 6.88. The van der Waals surface area contributed by atoms with Gasteiger partial charge in [-0.25, -0.2) is 4.39 Å². The number of aromatic nitrogens is 1. The number of carbonyl (C=O) groups is 1. The van der Waals surface area contributed by atoms with Crippen molar-refractivity contribution in [3.63, 3.8) is 0 Å². The number of benzene rings is 2. The zero-order chi connectivity index (χ0) is 17.9.